The average Bonchev–Trinajstić information content (AvgIpc) is 3.17. The van der Waals surface area contributed by atoms with Crippen LogP contribution in [0.2, 0.25) is 0 Å². The maximum Gasteiger partial charge on any atom is 0.267 e. The Morgan fingerprint density at radius 3 is 2.73 bits per heavy atom. The molecule has 1 aromatic carbocycles. The van der Waals surface area contributed by atoms with Crippen LogP contribution < -0.4 is 16.2 Å². The lowest BCUT2D eigenvalue weighted by atomic mass is 9.97. The molecule has 0 fully saturated rings. The van der Waals surface area contributed by atoms with E-state index in [1.807, 2.05) is 14.1 Å². The summed E-state index contributed by atoms with van der Waals surface area (Å²) in [5.41, 5.74) is 6.86. The third-order valence-corrected chi connectivity index (χ3v) is 7.59. The van der Waals surface area contributed by atoms with Gasteiger partial charge < -0.3 is 10.6 Å². The summed E-state index contributed by atoms with van der Waals surface area (Å²) in [6.07, 6.45) is 3.96. The van der Waals surface area contributed by atoms with Crippen molar-refractivity contribution >= 4 is 45.2 Å². The molecule has 0 saturated heterocycles. The number of nitrogens with two attached hydrogens (primary N) is 1. The predicted molar refractivity (Wildman–Crippen MR) is 130 cm³/mol. The van der Waals surface area contributed by atoms with E-state index in [1.54, 1.807) is 34.4 Å². The van der Waals surface area contributed by atoms with Crippen LogP contribution in [0.5, 0.6) is 0 Å². The van der Waals surface area contributed by atoms with Crippen LogP contribution >= 0.6 is 23.1 Å². The van der Waals surface area contributed by atoms with Crippen LogP contribution in [0, 0.1) is 5.82 Å². The number of fused-ring (bicyclic) bond motifs is 3. The fourth-order valence-electron chi connectivity index (χ4n) is 3.95. The van der Waals surface area contributed by atoms with Gasteiger partial charge in [0.1, 0.15) is 16.5 Å². The zero-order valence-corrected chi connectivity index (χ0v) is 19.8. The lowest BCUT2D eigenvalue weighted by Crippen LogP contribution is -2.23. The Balaban J connectivity index is 1.64. The Morgan fingerprint density at radius 2 is 1.94 bits per heavy atom. The highest BCUT2D eigenvalue weighted by atomic mass is 32.2. The molecule has 2 N–H and O–H groups in total. The number of nitrogen functional groups attached to an aromatic ring is 1. The number of para-hydroxylation sites is 1. The summed E-state index contributed by atoms with van der Waals surface area (Å²) in [6, 6.07) is 6.26. The largest absolute Gasteiger partial charge is 0.368 e. The van der Waals surface area contributed by atoms with E-state index in [9.17, 15) is 9.18 Å². The van der Waals surface area contributed by atoms with Gasteiger partial charge in [-0.2, -0.15) is 15.0 Å². The van der Waals surface area contributed by atoms with E-state index < -0.39 is 5.82 Å². The van der Waals surface area contributed by atoms with Gasteiger partial charge in [0.25, 0.3) is 5.56 Å². The van der Waals surface area contributed by atoms with Gasteiger partial charge in [0.05, 0.1) is 16.8 Å². The average molecular weight is 484 g/mol. The van der Waals surface area contributed by atoms with Crippen molar-refractivity contribution in [3.8, 4) is 5.69 Å². The molecule has 3 heterocycles. The maximum absolute atomic E-state index is 14.8. The van der Waals surface area contributed by atoms with Gasteiger partial charge in [-0.15, -0.1) is 11.3 Å². The molecular weight excluding hydrogens is 461 g/mol. The first-order valence-electron chi connectivity index (χ1n) is 10.5. The molecular formula is C22H22FN7OS2. The molecule has 0 spiro atoms. The van der Waals surface area contributed by atoms with Crippen LogP contribution in [0.3, 0.4) is 0 Å². The smallest absolute Gasteiger partial charge is 0.267 e. The minimum atomic E-state index is -0.481. The lowest BCUT2D eigenvalue weighted by molar-refractivity contribution is 0.608. The van der Waals surface area contributed by atoms with Crippen LogP contribution in [-0.2, 0) is 18.6 Å². The number of thiophene rings is 1. The highest BCUT2D eigenvalue weighted by molar-refractivity contribution is 7.98. The van der Waals surface area contributed by atoms with Gasteiger partial charge >= 0.3 is 0 Å². The molecule has 0 unspecified atom stereocenters. The van der Waals surface area contributed by atoms with E-state index in [0.29, 0.717) is 32.9 Å². The third kappa shape index (κ3) is 4.06. The topological polar surface area (TPSA) is 103 Å². The SMILES string of the molecule is CN(C)c1nc(N)nc(CSc2nc3sc4c(c3c(=O)n2-c2ccccc2F)CCCC4)n1. The number of anilines is 2. The monoisotopic (exact) mass is 483 g/mol. The van der Waals surface area contributed by atoms with Crippen molar-refractivity contribution in [2.75, 3.05) is 24.7 Å². The molecule has 0 bridgehead atoms. The van der Waals surface area contributed by atoms with Gasteiger partial charge in [-0.1, -0.05) is 23.9 Å². The van der Waals surface area contributed by atoms with E-state index >= 15 is 0 Å². The van der Waals surface area contributed by atoms with Crippen LogP contribution in [-0.4, -0.2) is 38.6 Å². The molecule has 0 radical (unpaired) electrons. The summed E-state index contributed by atoms with van der Waals surface area (Å²) < 4.78 is 16.2. The van der Waals surface area contributed by atoms with Crippen LogP contribution in [0.4, 0.5) is 16.3 Å². The number of aromatic nitrogens is 5. The second kappa shape index (κ2) is 8.71. The standard InChI is InChI=1S/C22H22FN7OS2/c1-29(2)21-26-16(25-20(24)28-21)11-32-22-27-18-17(12-7-3-6-10-15(12)33-18)19(31)30(22)14-9-5-4-8-13(14)23/h4-5,8-9H,3,6-7,10-11H2,1-2H3,(H2,24,25,26,28). The summed E-state index contributed by atoms with van der Waals surface area (Å²) in [6.45, 7) is 0. The summed E-state index contributed by atoms with van der Waals surface area (Å²) in [5, 5.41) is 1.00. The van der Waals surface area contributed by atoms with E-state index in [4.69, 9.17) is 10.7 Å². The second-order valence-corrected chi connectivity index (χ2v) is 10.00. The summed E-state index contributed by atoms with van der Waals surface area (Å²) >= 11 is 2.84. The summed E-state index contributed by atoms with van der Waals surface area (Å²) in [5.74, 6) is 0.830. The molecule has 0 aliphatic heterocycles. The van der Waals surface area contributed by atoms with E-state index in [0.717, 1.165) is 31.2 Å². The predicted octanol–water partition coefficient (Wildman–Crippen LogP) is 3.59. The number of nitrogens with zero attached hydrogens (tertiary/aromatic N) is 6. The van der Waals surface area contributed by atoms with Gasteiger partial charge in [-0.3, -0.25) is 9.36 Å². The van der Waals surface area contributed by atoms with Gasteiger partial charge in [0.2, 0.25) is 11.9 Å². The first kappa shape index (κ1) is 21.8. The van der Waals surface area contributed by atoms with Crippen LogP contribution in [0.1, 0.15) is 29.1 Å². The zero-order chi connectivity index (χ0) is 23.1. The summed E-state index contributed by atoms with van der Waals surface area (Å²) in [7, 11) is 3.63. The highest BCUT2D eigenvalue weighted by Gasteiger charge is 2.24. The Bertz CT molecular complexity index is 1420. The molecule has 0 saturated carbocycles. The van der Waals surface area contributed by atoms with Crippen molar-refractivity contribution in [1.82, 2.24) is 24.5 Å². The van der Waals surface area contributed by atoms with Crippen molar-refractivity contribution < 1.29 is 4.39 Å². The number of hydrogen-bond donors (Lipinski definition) is 1. The highest BCUT2D eigenvalue weighted by Crippen LogP contribution is 2.35. The van der Waals surface area contributed by atoms with Gasteiger partial charge in [0, 0.05) is 19.0 Å². The molecule has 11 heteroatoms. The Labute approximate surface area is 197 Å². The molecule has 8 nitrogen and oxygen atoms in total. The molecule has 1 aliphatic rings. The number of hydrogen-bond acceptors (Lipinski definition) is 9. The molecule has 170 valence electrons. The Kier molecular flexibility index (Phi) is 5.75. The molecule has 33 heavy (non-hydrogen) atoms. The van der Waals surface area contributed by atoms with Crippen LogP contribution in [0.25, 0.3) is 15.9 Å². The number of aryl methyl sites for hydroxylation is 2. The van der Waals surface area contributed by atoms with E-state index in [1.165, 1.54) is 27.3 Å². The van der Waals surface area contributed by atoms with Gasteiger partial charge in [-0.25, -0.2) is 9.37 Å². The Morgan fingerprint density at radius 1 is 1.15 bits per heavy atom. The van der Waals surface area contributed by atoms with E-state index in [-0.39, 0.29) is 17.2 Å². The second-order valence-electron chi connectivity index (χ2n) is 7.97. The van der Waals surface area contributed by atoms with Gasteiger partial charge in [-0.05, 0) is 43.4 Å². The molecule has 3 aromatic heterocycles. The molecule has 0 amide bonds. The molecule has 4 aromatic rings. The number of halogens is 1. The summed E-state index contributed by atoms with van der Waals surface area (Å²) in [4.78, 5) is 34.9. The van der Waals surface area contributed by atoms with Crippen molar-refractivity contribution in [2.45, 2.75) is 36.6 Å². The maximum atomic E-state index is 14.8. The molecule has 1 aliphatic carbocycles. The van der Waals surface area contributed by atoms with Gasteiger partial charge in [0.15, 0.2) is 5.16 Å². The molecule has 5 rings (SSSR count). The van der Waals surface area contributed by atoms with Crippen LogP contribution in [0.15, 0.2) is 34.2 Å². The third-order valence-electron chi connectivity index (χ3n) is 5.47. The van der Waals surface area contributed by atoms with Crippen molar-refractivity contribution in [3.63, 3.8) is 0 Å². The first-order valence-corrected chi connectivity index (χ1v) is 12.4. The Hall–Kier alpha value is -3.05. The number of benzene rings is 1. The first-order chi connectivity index (χ1) is 15.9. The lowest BCUT2D eigenvalue weighted by Gasteiger charge is -2.14. The zero-order valence-electron chi connectivity index (χ0n) is 18.2. The minimum Gasteiger partial charge on any atom is -0.368 e. The van der Waals surface area contributed by atoms with E-state index in [2.05, 4.69) is 15.0 Å². The van der Waals surface area contributed by atoms with Crippen molar-refractivity contribution in [3.05, 3.63) is 56.7 Å². The van der Waals surface area contributed by atoms with Crippen molar-refractivity contribution in [1.29, 1.82) is 0 Å². The number of rotatable bonds is 5. The normalized spacial score (nSPS) is 13.3. The quantitative estimate of drug-likeness (QED) is 0.339. The number of thioether (sulfide) groups is 1. The minimum absolute atomic E-state index is 0.116. The fourth-order valence-corrected chi connectivity index (χ4v) is 6.11. The molecule has 0 atom stereocenters. The van der Waals surface area contributed by atoms with Crippen molar-refractivity contribution in [2.24, 2.45) is 0 Å². The fraction of sp³-hybridized carbons (Fsp3) is 0.318.